The van der Waals surface area contributed by atoms with Crippen LogP contribution in [0.2, 0.25) is 0 Å². The van der Waals surface area contributed by atoms with Crippen LogP contribution in [0.3, 0.4) is 0 Å². The monoisotopic (exact) mass is 289 g/mol. The van der Waals surface area contributed by atoms with Gasteiger partial charge in [0.2, 0.25) is 0 Å². The van der Waals surface area contributed by atoms with Gasteiger partial charge in [-0.05, 0) is 44.4 Å². The molecule has 2 rings (SSSR count). The maximum atomic E-state index is 10.7. The van der Waals surface area contributed by atoms with E-state index >= 15 is 0 Å². The van der Waals surface area contributed by atoms with Crippen molar-refractivity contribution in [3.05, 3.63) is 29.8 Å². The Morgan fingerprint density at radius 1 is 1.28 bits per heavy atom. The first-order chi connectivity index (χ1) is 8.43. The summed E-state index contributed by atoms with van der Waals surface area (Å²) in [5, 5.41) is 0. The fourth-order valence-electron chi connectivity index (χ4n) is 1.51. The smallest absolute Gasteiger partial charge is 0.261 e. The van der Waals surface area contributed by atoms with Crippen LogP contribution in [0.15, 0.2) is 29.2 Å². The molecule has 1 aromatic rings. The van der Waals surface area contributed by atoms with E-state index in [0.29, 0.717) is 0 Å². The van der Waals surface area contributed by atoms with E-state index in [-0.39, 0.29) is 4.90 Å². The van der Waals surface area contributed by atoms with Gasteiger partial charge in [-0.2, -0.15) is 0 Å². The minimum atomic E-state index is -3.55. The van der Waals surface area contributed by atoms with E-state index in [0.717, 1.165) is 18.0 Å². The second-order valence-corrected chi connectivity index (χ2v) is 7.19. The standard InChI is InChI=1S/C7H7ClO2S.C6H13N/c1-6-2-4-7(5-3-6)11(8,9)10;7-5-1-2-6-3-4-6/h2-5H,1H3;6H,1-5,7H2. The Kier molecular flexibility index (Phi) is 6.12. The Bertz CT molecular complexity index is 452. The molecule has 1 aliphatic rings. The fraction of sp³-hybridized carbons (Fsp3) is 0.538. The highest BCUT2D eigenvalue weighted by molar-refractivity contribution is 8.13. The van der Waals surface area contributed by atoms with Gasteiger partial charge in [-0.25, -0.2) is 8.42 Å². The van der Waals surface area contributed by atoms with Crippen LogP contribution in [-0.2, 0) is 9.05 Å². The van der Waals surface area contributed by atoms with Crippen molar-refractivity contribution >= 4 is 19.7 Å². The third-order valence-electron chi connectivity index (χ3n) is 2.82. The summed E-state index contributed by atoms with van der Waals surface area (Å²) in [6.45, 7) is 2.77. The lowest BCUT2D eigenvalue weighted by atomic mass is 10.2. The van der Waals surface area contributed by atoms with Crippen LogP contribution < -0.4 is 5.73 Å². The topological polar surface area (TPSA) is 60.2 Å². The van der Waals surface area contributed by atoms with Crippen LogP contribution in [0.4, 0.5) is 0 Å². The van der Waals surface area contributed by atoms with E-state index in [9.17, 15) is 8.42 Å². The number of nitrogens with two attached hydrogens (primary N) is 1. The zero-order valence-corrected chi connectivity index (χ0v) is 12.2. The molecule has 1 saturated carbocycles. The zero-order chi connectivity index (χ0) is 13.6. The van der Waals surface area contributed by atoms with Gasteiger partial charge in [0, 0.05) is 10.7 Å². The first kappa shape index (κ1) is 15.5. The summed E-state index contributed by atoms with van der Waals surface area (Å²) in [7, 11) is 1.54. The third kappa shape index (κ3) is 6.38. The van der Waals surface area contributed by atoms with Gasteiger partial charge in [-0.1, -0.05) is 30.5 Å². The molecule has 0 bridgehead atoms. The second kappa shape index (κ2) is 7.12. The van der Waals surface area contributed by atoms with Crippen molar-refractivity contribution in [1.82, 2.24) is 0 Å². The van der Waals surface area contributed by atoms with Crippen LogP contribution in [0.25, 0.3) is 0 Å². The van der Waals surface area contributed by atoms with E-state index in [2.05, 4.69) is 0 Å². The summed E-state index contributed by atoms with van der Waals surface area (Å²) < 4.78 is 21.4. The summed E-state index contributed by atoms with van der Waals surface area (Å²) in [4.78, 5) is 0.143. The lowest BCUT2D eigenvalue weighted by Gasteiger charge is -1.94. The van der Waals surface area contributed by atoms with E-state index in [4.69, 9.17) is 16.4 Å². The molecule has 1 aromatic carbocycles. The van der Waals surface area contributed by atoms with Crippen molar-refractivity contribution in [1.29, 1.82) is 0 Å². The van der Waals surface area contributed by atoms with E-state index in [1.165, 1.54) is 37.8 Å². The first-order valence-corrected chi connectivity index (χ1v) is 8.46. The molecule has 5 heteroatoms. The van der Waals surface area contributed by atoms with E-state index < -0.39 is 9.05 Å². The lowest BCUT2D eigenvalue weighted by molar-refractivity contribution is 0.609. The molecule has 0 unspecified atom stereocenters. The van der Waals surface area contributed by atoms with Crippen molar-refractivity contribution in [2.24, 2.45) is 11.7 Å². The van der Waals surface area contributed by atoms with Gasteiger partial charge >= 0.3 is 0 Å². The van der Waals surface area contributed by atoms with Crippen molar-refractivity contribution in [2.75, 3.05) is 6.54 Å². The molecule has 0 aromatic heterocycles. The van der Waals surface area contributed by atoms with Gasteiger partial charge in [-0.3, -0.25) is 0 Å². The van der Waals surface area contributed by atoms with Gasteiger partial charge in [0.25, 0.3) is 9.05 Å². The molecule has 1 fully saturated rings. The predicted octanol–water partition coefficient (Wildman–Crippen LogP) is 3.06. The number of hydrogen-bond acceptors (Lipinski definition) is 3. The molecule has 0 amide bonds. The normalized spacial score (nSPS) is 14.8. The summed E-state index contributed by atoms with van der Waals surface area (Å²) in [5.41, 5.74) is 6.31. The average Bonchev–Trinajstić information content (AvgIpc) is 3.10. The highest BCUT2D eigenvalue weighted by atomic mass is 35.7. The fourth-order valence-corrected chi connectivity index (χ4v) is 2.28. The maximum Gasteiger partial charge on any atom is 0.261 e. The van der Waals surface area contributed by atoms with Gasteiger partial charge in [0.05, 0.1) is 4.90 Å². The van der Waals surface area contributed by atoms with Gasteiger partial charge in [0.1, 0.15) is 0 Å². The second-order valence-electron chi connectivity index (χ2n) is 4.63. The molecular formula is C13H20ClNO2S. The highest BCUT2D eigenvalue weighted by Gasteiger charge is 2.19. The maximum absolute atomic E-state index is 10.7. The Morgan fingerprint density at radius 3 is 2.22 bits per heavy atom. The quantitative estimate of drug-likeness (QED) is 0.867. The first-order valence-electron chi connectivity index (χ1n) is 6.15. The molecule has 0 heterocycles. The van der Waals surface area contributed by atoms with Gasteiger partial charge in [0.15, 0.2) is 0 Å². The van der Waals surface area contributed by atoms with Crippen LogP contribution in [-0.4, -0.2) is 15.0 Å². The van der Waals surface area contributed by atoms with Crippen molar-refractivity contribution in [2.45, 2.75) is 37.5 Å². The SMILES string of the molecule is Cc1ccc(S(=O)(=O)Cl)cc1.NCCCC1CC1. The molecule has 0 saturated heterocycles. The highest BCUT2D eigenvalue weighted by Crippen LogP contribution is 2.32. The molecule has 0 atom stereocenters. The molecular weight excluding hydrogens is 270 g/mol. The minimum Gasteiger partial charge on any atom is -0.330 e. The molecule has 1 aliphatic carbocycles. The predicted molar refractivity (Wildman–Crippen MR) is 75.2 cm³/mol. The van der Waals surface area contributed by atoms with E-state index in [1.807, 2.05) is 6.92 Å². The largest absolute Gasteiger partial charge is 0.330 e. The van der Waals surface area contributed by atoms with Crippen molar-refractivity contribution < 1.29 is 8.42 Å². The molecule has 0 aliphatic heterocycles. The number of benzene rings is 1. The Balaban J connectivity index is 0.000000199. The molecule has 102 valence electrons. The molecule has 3 nitrogen and oxygen atoms in total. The van der Waals surface area contributed by atoms with Crippen molar-refractivity contribution in [3.8, 4) is 0 Å². The number of rotatable bonds is 4. The Morgan fingerprint density at radius 2 is 1.83 bits per heavy atom. The summed E-state index contributed by atoms with van der Waals surface area (Å²) in [6, 6.07) is 6.37. The van der Waals surface area contributed by atoms with Crippen LogP contribution in [0.1, 0.15) is 31.2 Å². The Hall–Kier alpha value is -0.580. The number of halogens is 1. The minimum absolute atomic E-state index is 0.143. The van der Waals surface area contributed by atoms with Gasteiger partial charge in [-0.15, -0.1) is 0 Å². The van der Waals surface area contributed by atoms with Crippen LogP contribution in [0, 0.1) is 12.8 Å². The molecule has 0 radical (unpaired) electrons. The molecule has 2 N–H and O–H groups in total. The number of hydrogen-bond donors (Lipinski definition) is 1. The zero-order valence-electron chi connectivity index (χ0n) is 10.6. The summed E-state index contributed by atoms with van der Waals surface area (Å²) in [5.74, 6) is 1.07. The van der Waals surface area contributed by atoms with Gasteiger partial charge < -0.3 is 5.73 Å². The average molecular weight is 290 g/mol. The molecule has 18 heavy (non-hydrogen) atoms. The van der Waals surface area contributed by atoms with Crippen LogP contribution in [0.5, 0.6) is 0 Å². The number of aryl methyl sites for hydroxylation is 1. The lowest BCUT2D eigenvalue weighted by Crippen LogP contribution is -1.97. The molecule has 0 spiro atoms. The summed E-state index contributed by atoms with van der Waals surface area (Å²) >= 11 is 0. The van der Waals surface area contributed by atoms with E-state index in [1.54, 1.807) is 12.1 Å². The van der Waals surface area contributed by atoms with Crippen LogP contribution >= 0.6 is 10.7 Å². The van der Waals surface area contributed by atoms with Crippen molar-refractivity contribution in [3.63, 3.8) is 0 Å². The summed E-state index contributed by atoms with van der Waals surface area (Å²) in [6.07, 6.45) is 5.57. The third-order valence-corrected chi connectivity index (χ3v) is 4.19. The Labute approximate surface area is 114 Å².